The molecule has 13 heavy (non-hydrogen) atoms. The van der Waals surface area contributed by atoms with Crippen LogP contribution in [0.4, 0.5) is 0 Å². The molecule has 1 N–H and O–H groups in total. The zero-order chi connectivity index (χ0) is 8.84. The summed E-state index contributed by atoms with van der Waals surface area (Å²) in [5.74, 6) is 2.58. The third-order valence-corrected chi connectivity index (χ3v) is 3.33. The number of fused-ring (bicyclic) bond motifs is 2. The van der Waals surface area contributed by atoms with Crippen molar-refractivity contribution in [3.8, 4) is 0 Å². The van der Waals surface area contributed by atoms with E-state index in [-0.39, 0.29) is 0 Å². The van der Waals surface area contributed by atoms with Crippen molar-refractivity contribution in [3.05, 3.63) is 12.0 Å². The van der Waals surface area contributed by atoms with E-state index < -0.39 is 0 Å². The molecule has 0 aliphatic carbocycles. The topological polar surface area (TPSA) is 27.7 Å². The molecule has 2 saturated heterocycles. The Labute approximate surface area is 78.1 Å². The van der Waals surface area contributed by atoms with Gasteiger partial charge in [0, 0.05) is 26.1 Å². The Balaban J connectivity index is 1.76. The molecule has 0 spiro atoms. The average Bonchev–Trinajstić information content (AvgIpc) is 2.77. The maximum absolute atomic E-state index is 5.41. The van der Waals surface area contributed by atoms with E-state index in [9.17, 15) is 0 Å². The van der Waals surface area contributed by atoms with E-state index in [2.05, 4.69) is 16.7 Å². The van der Waals surface area contributed by atoms with Crippen molar-refractivity contribution in [1.29, 1.82) is 0 Å². The summed E-state index contributed by atoms with van der Waals surface area (Å²) >= 11 is 0. The van der Waals surface area contributed by atoms with Crippen LogP contribution in [0.3, 0.4) is 0 Å². The van der Waals surface area contributed by atoms with Gasteiger partial charge in [-0.2, -0.15) is 0 Å². The number of piperidine rings is 1. The standard InChI is InChI=1S/C9H15N3O/c1-11-6-9(13-10-11)8-5-12-3-2-7(8)4-12/h6-8,10H,2-5H2,1H3. The van der Waals surface area contributed by atoms with Crippen LogP contribution in [0.25, 0.3) is 0 Å². The molecule has 3 heterocycles. The molecule has 3 aliphatic heterocycles. The predicted octanol–water partition coefficient (Wildman–Crippen LogP) is 0.161. The van der Waals surface area contributed by atoms with E-state index in [0.717, 1.165) is 11.7 Å². The number of rotatable bonds is 1. The molecule has 0 aromatic carbocycles. The Kier molecular flexibility index (Phi) is 1.54. The van der Waals surface area contributed by atoms with Gasteiger partial charge in [-0.25, -0.2) is 0 Å². The lowest BCUT2D eigenvalue weighted by molar-refractivity contribution is 0.0194. The van der Waals surface area contributed by atoms with E-state index in [1.54, 1.807) is 0 Å². The van der Waals surface area contributed by atoms with Gasteiger partial charge in [0.05, 0.1) is 6.20 Å². The van der Waals surface area contributed by atoms with Crippen molar-refractivity contribution in [1.82, 2.24) is 15.5 Å². The lowest BCUT2D eigenvalue weighted by Gasteiger charge is -2.21. The Bertz CT molecular complexity index is 253. The summed E-state index contributed by atoms with van der Waals surface area (Å²) in [6, 6.07) is 0. The van der Waals surface area contributed by atoms with Crippen molar-refractivity contribution in [2.75, 3.05) is 26.7 Å². The van der Waals surface area contributed by atoms with E-state index in [0.29, 0.717) is 5.92 Å². The zero-order valence-corrected chi connectivity index (χ0v) is 7.86. The second kappa shape index (κ2) is 2.62. The minimum absolute atomic E-state index is 0.631. The summed E-state index contributed by atoms with van der Waals surface area (Å²) in [7, 11) is 1.96. The summed E-state index contributed by atoms with van der Waals surface area (Å²) in [6.07, 6.45) is 3.40. The predicted molar refractivity (Wildman–Crippen MR) is 48.1 cm³/mol. The summed E-state index contributed by atoms with van der Waals surface area (Å²) in [6.45, 7) is 3.75. The first-order chi connectivity index (χ1) is 6.33. The number of nitrogens with zero attached hydrogens (tertiary/aromatic N) is 2. The summed E-state index contributed by atoms with van der Waals surface area (Å²) < 4.78 is 0. The number of hydrazine groups is 1. The van der Waals surface area contributed by atoms with Gasteiger partial charge >= 0.3 is 0 Å². The van der Waals surface area contributed by atoms with Gasteiger partial charge < -0.3 is 9.74 Å². The second-order valence-corrected chi connectivity index (χ2v) is 4.25. The Morgan fingerprint density at radius 1 is 1.54 bits per heavy atom. The number of hydrogen-bond donors (Lipinski definition) is 1. The van der Waals surface area contributed by atoms with Gasteiger partial charge in [0.15, 0.2) is 0 Å². The molecule has 0 saturated carbocycles. The van der Waals surface area contributed by atoms with Crippen molar-refractivity contribution < 1.29 is 4.84 Å². The molecule has 0 amide bonds. The lowest BCUT2D eigenvalue weighted by Crippen LogP contribution is -2.26. The molecule has 3 aliphatic rings. The fraction of sp³-hybridized carbons (Fsp3) is 0.778. The van der Waals surface area contributed by atoms with Gasteiger partial charge in [-0.3, -0.25) is 5.01 Å². The van der Waals surface area contributed by atoms with Crippen LogP contribution in [0.15, 0.2) is 12.0 Å². The molecular formula is C9H15N3O. The van der Waals surface area contributed by atoms with Gasteiger partial charge in [0.1, 0.15) is 5.76 Å². The molecule has 2 fully saturated rings. The maximum atomic E-state index is 5.41. The first kappa shape index (κ1) is 7.64. The smallest absolute Gasteiger partial charge is 0.148 e. The van der Waals surface area contributed by atoms with E-state index in [4.69, 9.17) is 4.84 Å². The van der Waals surface area contributed by atoms with Crippen LogP contribution >= 0.6 is 0 Å². The largest absolute Gasteiger partial charge is 0.392 e. The van der Waals surface area contributed by atoms with Crippen LogP contribution in [-0.4, -0.2) is 36.6 Å². The highest BCUT2D eigenvalue weighted by Gasteiger charge is 2.41. The molecular weight excluding hydrogens is 166 g/mol. The van der Waals surface area contributed by atoms with Crippen LogP contribution in [0.1, 0.15) is 6.42 Å². The van der Waals surface area contributed by atoms with Gasteiger partial charge in [-0.1, -0.05) is 5.59 Å². The minimum Gasteiger partial charge on any atom is -0.392 e. The summed E-state index contributed by atoms with van der Waals surface area (Å²) in [5.41, 5.74) is 2.83. The molecule has 4 nitrogen and oxygen atoms in total. The summed E-state index contributed by atoms with van der Waals surface area (Å²) in [4.78, 5) is 7.94. The monoisotopic (exact) mass is 181 g/mol. The average molecular weight is 181 g/mol. The van der Waals surface area contributed by atoms with Crippen LogP contribution in [0.5, 0.6) is 0 Å². The van der Waals surface area contributed by atoms with Crippen molar-refractivity contribution in [3.63, 3.8) is 0 Å². The Morgan fingerprint density at radius 3 is 3.00 bits per heavy atom. The molecule has 2 bridgehead atoms. The molecule has 0 aromatic rings. The fourth-order valence-electron chi connectivity index (χ4n) is 2.65. The van der Waals surface area contributed by atoms with Gasteiger partial charge in [0.25, 0.3) is 0 Å². The van der Waals surface area contributed by atoms with Gasteiger partial charge in [-0.15, -0.1) is 0 Å². The normalized spacial score (nSPS) is 42.4. The van der Waals surface area contributed by atoms with Gasteiger partial charge in [-0.05, 0) is 18.9 Å². The highest BCUT2D eigenvalue weighted by atomic mass is 16.7. The zero-order valence-electron chi connectivity index (χ0n) is 7.86. The first-order valence-corrected chi connectivity index (χ1v) is 4.92. The molecule has 3 unspecified atom stereocenters. The fourth-order valence-corrected chi connectivity index (χ4v) is 2.65. The van der Waals surface area contributed by atoms with Crippen molar-refractivity contribution in [2.45, 2.75) is 6.42 Å². The first-order valence-electron chi connectivity index (χ1n) is 4.92. The molecule has 72 valence electrons. The molecule has 0 radical (unpaired) electrons. The second-order valence-electron chi connectivity index (χ2n) is 4.25. The minimum atomic E-state index is 0.631. The number of nitrogens with one attached hydrogen (secondary N) is 1. The lowest BCUT2D eigenvalue weighted by atomic mass is 9.91. The SMILES string of the molecule is CN1C=C(C2CN3CCC2C3)ON1. The highest BCUT2D eigenvalue weighted by molar-refractivity contribution is 5.08. The van der Waals surface area contributed by atoms with E-state index in [1.807, 2.05) is 12.1 Å². The molecule has 4 heteroatoms. The number of hydrogen-bond acceptors (Lipinski definition) is 4. The molecule has 0 aromatic heterocycles. The summed E-state index contributed by atoms with van der Waals surface area (Å²) in [5, 5.41) is 1.87. The van der Waals surface area contributed by atoms with Crippen molar-refractivity contribution >= 4 is 0 Å². The van der Waals surface area contributed by atoms with Crippen LogP contribution in [0, 0.1) is 11.8 Å². The van der Waals surface area contributed by atoms with Crippen LogP contribution < -0.4 is 5.59 Å². The Morgan fingerprint density at radius 2 is 2.46 bits per heavy atom. The maximum Gasteiger partial charge on any atom is 0.148 e. The van der Waals surface area contributed by atoms with Gasteiger partial charge in [0.2, 0.25) is 0 Å². The van der Waals surface area contributed by atoms with E-state index >= 15 is 0 Å². The third kappa shape index (κ3) is 1.13. The van der Waals surface area contributed by atoms with Crippen LogP contribution in [-0.2, 0) is 4.84 Å². The quantitative estimate of drug-likeness (QED) is 0.623. The highest BCUT2D eigenvalue weighted by Crippen LogP contribution is 2.38. The van der Waals surface area contributed by atoms with E-state index in [1.165, 1.54) is 26.1 Å². The Hall–Kier alpha value is -0.740. The third-order valence-electron chi connectivity index (χ3n) is 3.33. The molecule has 3 atom stereocenters. The van der Waals surface area contributed by atoms with Crippen molar-refractivity contribution in [2.24, 2.45) is 11.8 Å². The van der Waals surface area contributed by atoms with Crippen LogP contribution in [0.2, 0.25) is 0 Å². The molecule has 3 rings (SSSR count).